The molecule has 98 valence electrons. The fraction of sp³-hybridized carbons (Fsp3) is 0.583. The van der Waals surface area contributed by atoms with Crippen LogP contribution in [0.5, 0.6) is 0 Å². The predicted octanol–water partition coefficient (Wildman–Crippen LogP) is 0.772. The van der Waals surface area contributed by atoms with E-state index in [0.29, 0.717) is 16.3 Å². The number of amides is 1. The molecule has 0 unspecified atom stereocenters. The molecule has 18 heavy (non-hydrogen) atoms. The van der Waals surface area contributed by atoms with E-state index in [1.807, 2.05) is 4.90 Å². The number of halogens is 1. The molecular formula is C12H16BrN3O2. The molecule has 2 aliphatic rings. The maximum Gasteiger partial charge on any atom is 0.258 e. The largest absolute Gasteiger partial charge is 0.457 e. The zero-order valence-corrected chi connectivity index (χ0v) is 11.6. The molecule has 2 saturated heterocycles. The lowest BCUT2D eigenvalue weighted by Gasteiger charge is -2.43. The SMILES string of the molecule is O=C(c1ccoc1Br)N1CCN(C2CNC2)CC1. The van der Waals surface area contributed by atoms with E-state index >= 15 is 0 Å². The fourth-order valence-electron chi connectivity index (χ4n) is 2.44. The fourth-order valence-corrected chi connectivity index (χ4v) is 2.85. The summed E-state index contributed by atoms with van der Waals surface area (Å²) in [6.07, 6.45) is 1.54. The van der Waals surface area contributed by atoms with Crippen molar-refractivity contribution in [3.63, 3.8) is 0 Å². The van der Waals surface area contributed by atoms with Gasteiger partial charge >= 0.3 is 0 Å². The minimum absolute atomic E-state index is 0.0574. The van der Waals surface area contributed by atoms with Crippen molar-refractivity contribution in [2.24, 2.45) is 0 Å². The molecule has 0 saturated carbocycles. The van der Waals surface area contributed by atoms with Gasteiger partial charge in [0.05, 0.1) is 11.8 Å². The van der Waals surface area contributed by atoms with E-state index in [-0.39, 0.29) is 5.91 Å². The van der Waals surface area contributed by atoms with Crippen molar-refractivity contribution in [2.45, 2.75) is 6.04 Å². The Labute approximate surface area is 114 Å². The van der Waals surface area contributed by atoms with Gasteiger partial charge in [-0.05, 0) is 22.0 Å². The van der Waals surface area contributed by atoms with Gasteiger partial charge in [0.25, 0.3) is 5.91 Å². The van der Waals surface area contributed by atoms with Crippen molar-refractivity contribution in [1.29, 1.82) is 0 Å². The second-order valence-electron chi connectivity index (χ2n) is 4.75. The third-order valence-corrected chi connectivity index (χ3v) is 4.34. The quantitative estimate of drug-likeness (QED) is 0.876. The van der Waals surface area contributed by atoms with Crippen LogP contribution in [0.1, 0.15) is 10.4 Å². The molecule has 0 aromatic carbocycles. The van der Waals surface area contributed by atoms with Crippen molar-refractivity contribution in [1.82, 2.24) is 15.1 Å². The molecule has 0 aliphatic carbocycles. The Morgan fingerprint density at radius 3 is 2.56 bits per heavy atom. The summed E-state index contributed by atoms with van der Waals surface area (Å²) in [4.78, 5) is 16.6. The smallest absolute Gasteiger partial charge is 0.258 e. The van der Waals surface area contributed by atoms with Gasteiger partial charge in [0.15, 0.2) is 4.67 Å². The molecule has 1 aromatic rings. The number of furan rings is 1. The molecule has 0 bridgehead atoms. The van der Waals surface area contributed by atoms with Gasteiger partial charge in [-0.25, -0.2) is 0 Å². The van der Waals surface area contributed by atoms with Gasteiger partial charge in [-0.2, -0.15) is 0 Å². The van der Waals surface area contributed by atoms with Gasteiger partial charge in [-0.1, -0.05) is 0 Å². The molecule has 1 amide bonds. The molecule has 6 heteroatoms. The van der Waals surface area contributed by atoms with Crippen molar-refractivity contribution in [3.05, 3.63) is 22.6 Å². The van der Waals surface area contributed by atoms with Gasteiger partial charge in [0, 0.05) is 45.3 Å². The Kier molecular flexibility index (Phi) is 3.41. The minimum atomic E-state index is 0.0574. The van der Waals surface area contributed by atoms with E-state index < -0.39 is 0 Å². The number of carbonyl (C=O) groups excluding carboxylic acids is 1. The maximum absolute atomic E-state index is 12.2. The third-order valence-electron chi connectivity index (χ3n) is 3.73. The predicted molar refractivity (Wildman–Crippen MR) is 70.5 cm³/mol. The summed E-state index contributed by atoms with van der Waals surface area (Å²) in [6.45, 7) is 5.70. The topological polar surface area (TPSA) is 48.7 Å². The van der Waals surface area contributed by atoms with Crippen molar-refractivity contribution >= 4 is 21.8 Å². The average Bonchev–Trinajstić information content (AvgIpc) is 2.73. The zero-order chi connectivity index (χ0) is 12.5. The maximum atomic E-state index is 12.2. The standard InChI is InChI=1S/C12H16BrN3O2/c13-11-10(1-6-18-11)12(17)16-4-2-15(3-5-16)9-7-14-8-9/h1,6,9,14H,2-5,7-8H2. The number of hydrogen-bond donors (Lipinski definition) is 1. The first-order valence-electron chi connectivity index (χ1n) is 6.23. The molecule has 2 aliphatic heterocycles. The Bertz CT molecular complexity index is 436. The zero-order valence-electron chi connectivity index (χ0n) is 10.1. The van der Waals surface area contributed by atoms with Crippen LogP contribution < -0.4 is 5.32 Å². The Morgan fingerprint density at radius 1 is 1.33 bits per heavy atom. The molecule has 1 aromatic heterocycles. The number of rotatable bonds is 2. The van der Waals surface area contributed by atoms with Crippen LogP contribution in [0.15, 0.2) is 21.4 Å². The van der Waals surface area contributed by atoms with E-state index in [1.165, 1.54) is 6.26 Å². The minimum Gasteiger partial charge on any atom is -0.457 e. The lowest BCUT2D eigenvalue weighted by Crippen LogP contribution is -2.62. The number of nitrogens with one attached hydrogen (secondary N) is 1. The summed E-state index contributed by atoms with van der Waals surface area (Å²) >= 11 is 3.26. The van der Waals surface area contributed by atoms with Gasteiger partial charge < -0.3 is 14.6 Å². The molecule has 3 rings (SSSR count). The number of carbonyl (C=O) groups is 1. The average molecular weight is 314 g/mol. The Morgan fingerprint density at radius 2 is 2.06 bits per heavy atom. The van der Waals surface area contributed by atoms with Crippen molar-refractivity contribution in [3.8, 4) is 0 Å². The first kappa shape index (κ1) is 12.2. The van der Waals surface area contributed by atoms with Gasteiger partial charge in [0.1, 0.15) is 0 Å². The summed E-state index contributed by atoms with van der Waals surface area (Å²) in [5, 5.41) is 3.28. The number of piperazine rings is 1. The van der Waals surface area contributed by atoms with Crippen molar-refractivity contribution < 1.29 is 9.21 Å². The van der Waals surface area contributed by atoms with Gasteiger partial charge in [0.2, 0.25) is 0 Å². The first-order chi connectivity index (χ1) is 8.75. The highest BCUT2D eigenvalue weighted by Gasteiger charge is 2.30. The van der Waals surface area contributed by atoms with E-state index in [4.69, 9.17) is 4.42 Å². The highest BCUT2D eigenvalue weighted by atomic mass is 79.9. The molecular weight excluding hydrogens is 298 g/mol. The molecule has 0 radical (unpaired) electrons. The van der Waals surface area contributed by atoms with Crippen molar-refractivity contribution in [2.75, 3.05) is 39.3 Å². The summed E-state index contributed by atoms with van der Waals surface area (Å²) in [5.41, 5.74) is 0.619. The first-order valence-corrected chi connectivity index (χ1v) is 7.02. The summed E-state index contributed by atoms with van der Waals surface area (Å²) in [5.74, 6) is 0.0574. The number of nitrogens with zero attached hydrogens (tertiary/aromatic N) is 2. The van der Waals surface area contributed by atoms with Crippen LogP contribution in [0.25, 0.3) is 0 Å². The lowest BCUT2D eigenvalue weighted by molar-refractivity contribution is 0.0500. The Balaban J connectivity index is 1.59. The second kappa shape index (κ2) is 5.03. The summed E-state index contributed by atoms with van der Waals surface area (Å²) < 4.78 is 5.64. The van der Waals surface area contributed by atoms with Crippen LogP contribution in [0.4, 0.5) is 0 Å². The molecule has 0 spiro atoms. The van der Waals surface area contributed by atoms with Gasteiger partial charge in [-0.15, -0.1) is 0 Å². The van der Waals surface area contributed by atoms with Crippen LogP contribution in [-0.4, -0.2) is 61.0 Å². The van der Waals surface area contributed by atoms with E-state index in [2.05, 4.69) is 26.1 Å². The van der Waals surface area contributed by atoms with Crippen LogP contribution in [0, 0.1) is 0 Å². The van der Waals surface area contributed by atoms with Crippen LogP contribution in [0.2, 0.25) is 0 Å². The second-order valence-corrected chi connectivity index (χ2v) is 5.47. The summed E-state index contributed by atoms with van der Waals surface area (Å²) in [7, 11) is 0. The third kappa shape index (κ3) is 2.20. The number of hydrogen-bond acceptors (Lipinski definition) is 4. The summed E-state index contributed by atoms with van der Waals surface area (Å²) in [6, 6.07) is 2.39. The van der Waals surface area contributed by atoms with E-state index in [9.17, 15) is 4.79 Å². The monoisotopic (exact) mass is 313 g/mol. The van der Waals surface area contributed by atoms with Gasteiger partial charge in [-0.3, -0.25) is 9.69 Å². The molecule has 1 N–H and O–H groups in total. The molecule has 2 fully saturated rings. The van der Waals surface area contributed by atoms with Crippen LogP contribution >= 0.6 is 15.9 Å². The highest BCUT2D eigenvalue weighted by molar-refractivity contribution is 9.10. The lowest BCUT2D eigenvalue weighted by atomic mass is 10.1. The highest BCUT2D eigenvalue weighted by Crippen LogP contribution is 2.20. The van der Waals surface area contributed by atoms with Crippen LogP contribution in [0.3, 0.4) is 0 Å². The molecule has 3 heterocycles. The van der Waals surface area contributed by atoms with E-state index in [1.54, 1.807) is 6.07 Å². The Hall–Kier alpha value is -0.850. The van der Waals surface area contributed by atoms with Crippen LogP contribution in [-0.2, 0) is 0 Å². The van der Waals surface area contributed by atoms with E-state index in [0.717, 1.165) is 39.3 Å². The molecule has 0 atom stereocenters. The molecule has 5 nitrogen and oxygen atoms in total. The normalized spacial score (nSPS) is 21.9.